The van der Waals surface area contributed by atoms with Crippen molar-refractivity contribution >= 4 is 5.97 Å². The topological polar surface area (TPSA) is 57.5 Å². The molecule has 0 bridgehead atoms. The first-order chi connectivity index (χ1) is 15.2. The van der Waals surface area contributed by atoms with E-state index in [1.807, 2.05) is 6.92 Å². The van der Waals surface area contributed by atoms with Crippen LogP contribution in [0.1, 0.15) is 106 Å². The summed E-state index contributed by atoms with van der Waals surface area (Å²) in [4.78, 5) is 12.5. The molecule has 0 aromatic rings. The molecule has 0 amide bonds. The molecule has 5 fully saturated rings. The molecule has 186 valence electrons. The average molecular weight is 457 g/mol. The van der Waals surface area contributed by atoms with Crippen molar-refractivity contribution in [2.45, 2.75) is 112 Å². The monoisotopic (exact) mass is 456 g/mol. The highest BCUT2D eigenvalue weighted by Crippen LogP contribution is 2.78. The second-order valence-electron chi connectivity index (χ2n) is 14.5. The molecule has 0 aromatic carbocycles. The maximum atomic E-state index is 12.5. The predicted molar refractivity (Wildman–Crippen MR) is 133 cm³/mol. The van der Waals surface area contributed by atoms with E-state index < -0.39 is 17.5 Å². The molecule has 0 spiro atoms. The Kier molecular flexibility index (Phi) is 5.15. The van der Waals surface area contributed by atoms with Crippen molar-refractivity contribution < 1.29 is 15.0 Å². The summed E-state index contributed by atoms with van der Waals surface area (Å²) in [7, 11) is 0. The Morgan fingerprint density at radius 2 is 1.36 bits per heavy atom. The van der Waals surface area contributed by atoms with Gasteiger partial charge in [-0.25, -0.2) is 0 Å². The molecular weight excluding hydrogens is 408 g/mol. The standard InChI is InChI=1S/C30H48O3/c1-18(2)20-10-13-26(3)21(20)11-14-29(6)23(26)8-9-24-27(4)16-19(31)17-28(5,25(32)33)22(27)12-15-30(24,29)7/h19-24,31H,1,8-17H2,2-7H3,(H,32,33). The van der Waals surface area contributed by atoms with Crippen molar-refractivity contribution in [3.8, 4) is 0 Å². The van der Waals surface area contributed by atoms with E-state index in [1.54, 1.807) is 0 Å². The van der Waals surface area contributed by atoms with E-state index in [0.717, 1.165) is 31.1 Å². The highest BCUT2D eigenvalue weighted by molar-refractivity contribution is 5.75. The van der Waals surface area contributed by atoms with Gasteiger partial charge >= 0.3 is 5.97 Å². The Hall–Kier alpha value is -0.830. The van der Waals surface area contributed by atoms with Gasteiger partial charge in [0.05, 0.1) is 11.5 Å². The molecule has 0 radical (unpaired) electrons. The molecule has 0 saturated heterocycles. The molecule has 5 rings (SSSR count). The fourth-order valence-electron chi connectivity index (χ4n) is 11.9. The number of allylic oxidation sites excluding steroid dienone is 1. The Bertz CT molecular complexity index is 865. The fraction of sp³-hybridized carbons (Fsp3) is 0.900. The van der Waals surface area contributed by atoms with Crippen molar-refractivity contribution in [2.75, 3.05) is 0 Å². The van der Waals surface area contributed by atoms with Crippen molar-refractivity contribution in [1.82, 2.24) is 0 Å². The summed E-state index contributed by atoms with van der Waals surface area (Å²) in [6.07, 6.45) is 10.6. The minimum Gasteiger partial charge on any atom is -0.481 e. The zero-order chi connectivity index (χ0) is 24.2. The molecule has 11 atom stereocenters. The molecule has 3 heteroatoms. The van der Waals surface area contributed by atoms with Gasteiger partial charge in [0.25, 0.3) is 0 Å². The van der Waals surface area contributed by atoms with E-state index in [4.69, 9.17) is 0 Å². The van der Waals surface area contributed by atoms with Crippen LogP contribution in [0.4, 0.5) is 0 Å². The van der Waals surface area contributed by atoms with Crippen LogP contribution in [-0.4, -0.2) is 22.3 Å². The van der Waals surface area contributed by atoms with Crippen LogP contribution in [-0.2, 0) is 4.79 Å². The number of aliphatic hydroxyl groups is 1. The lowest BCUT2D eigenvalue weighted by Gasteiger charge is -2.73. The maximum absolute atomic E-state index is 12.5. The van der Waals surface area contributed by atoms with Crippen LogP contribution in [0.5, 0.6) is 0 Å². The van der Waals surface area contributed by atoms with Crippen molar-refractivity contribution in [1.29, 1.82) is 0 Å². The zero-order valence-corrected chi connectivity index (χ0v) is 22.0. The lowest BCUT2D eigenvalue weighted by molar-refractivity contribution is -0.251. The van der Waals surface area contributed by atoms with Gasteiger partial charge in [-0.1, -0.05) is 39.8 Å². The number of rotatable bonds is 2. The lowest BCUT2D eigenvalue weighted by Crippen LogP contribution is -2.67. The van der Waals surface area contributed by atoms with E-state index in [2.05, 4.69) is 41.2 Å². The summed E-state index contributed by atoms with van der Waals surface area (Å²) >= 11 is 0. The van der Waals surface area contributed by atoms with Crippen LogP contribution < -0.4 is 0 Å². The second-order valence-corrected chi connectivity index (χ2v) is 14.5. The quantitative estimate of drug-likeness (QED) is 0.436. The van der Waals surface area contributed by atoms with Gasteiger partial charge in [0.1, 0.15) is 0 Å². The zero-order valence-electron chi connectivity index (χ0n) is 22.0. The van der Waals surface area contributed by atoms with Crippen LogP contribution in [0.15, 0.2) is 12.2 Å². The molecule has 5 aliphatic rings. The summed E-state index contributed by atoms with van der Waals surface area (Å²) in [6.45, 7) is 18.7. The Morgan fingerprint density at radius 3 is 1.94 bits per heavy atom. The lowest BCUT2D eigenvalue weighted by atomic mass is 9.32. The van der Waals surface area contributed by atoms with E-state index in [0.29, 0.717) is 29.1 Å². The number of carboxylic acids is 1. The molecule has 0 aromatic heterocycles. The fourth-order valence-corrected chi connectivity index (χ4v) is 11.9. The summed E-state index contributed by atoms with van der Waals surface area (Å²) < 4.78 is 0. The third-order valence-electron chi connectivity index (χ3n) is 13.5. The van der Waals surface area contributed by atoms with Gasteiger partial charge < -0.3 is 10.2 Å². The summed E-state index contributed by atoms with van der Waals surface area (Å²) in [5.41, 5.74) is 1.40. The van der Waals surface area contributed by atoms with Gasteiger partial charge in [-0.2, -0.15) is 0 Å². The van der Waals surface area contributed by atoms with Gasteiger partial charge in [0.15, 0.2) is 0 Å². The highest BCUT2D eigenvalue weighted by atomic mass is 16.4. The van der Waals surface area contributed by atoms with E-state index in [-0.39, 0.29) is 16.7 Å². The number of hydrogen-bond acceptors (Lipinski definition) is 2. The summed E-state index contributed by atoms with van der Waals surface area (Å²) in [5, 5.41) is 21.2. The third kappa shape index (κ3) is 2.81. The van der Waals surface area contributed by atoms with Gasteiger partial charge in [-0.05, 0) is 129 Å². The first-order valence-electron chi connectivity index (χ1n) is 13.8. The molecule has 5 saturated carbocycles. The molecular formula is C30H48O3. The first-order valence-corrected chi connectivity index (χ1v) is 13.8. The molecule has 0 aliphatic heterocycles. The molecule has 11 unspecified atom stereocenters. The van der Waals surface area contributed by atoms with Gasteiger partial charge in [-0.15, -0.1) is 0 Å². The van der Waals surface area contributed by atoms with Crippen LogP contribution >= 0.6 is 0 Å². The van der Waals surface area contributed by atoms with E-state index in [1.165, 1.54) is 44.1 Å². The maximum Gasteiger partial charge on any atom is 0.309 e. The summed E-state index contributed by atoms with van der Waals surface area (Å²) in [5.74, 6) is 2.18. The first kappa shape index (κ1) is 23.9. The number of aliphatic hydroxyl groups excluding tert-OH is 1. The normalized spacial score (nSPS) is 57.9. The van der Waals surface area contributed by atoms with Crippen molar-refractivity contribution in [3.63, 3.8) is 0 Å². The van der Waals surface area contributed by atoms with Crippen molar-refractivity contribution in [2.24, 2.45) is 56.7 Å². The van der Waals surface area contributed by atoms with E-state index in [9.17, 15) is 15.0 Å². The van der Waals surface area contributed by atoms with Crippen LogP contribution in [0.3, 0.4) is 0 Å². The highest BCUT2D eigenvalue weighted by Gasteiger charge is 2.71. The summed E-state index contributed by atoms with van der Waals surface area (Å²) in [6, 6.07) is 0. The van der Waals surface area contributed by atoms with E-state index >= 15 is 0 Å². The van der Waals surface area contributed by atoms with Crippen LogP contribution in [0.2, 0.25) is 0 Å². The van der Waals surface area contributed by atoms with Gasteiger partial charge in [0.2, 0.25) is 0 Å². The van der Waals surface area contributed by atoms with Crippen molar-refractivity contribution in [3.05, 3.63) is 12.2 Å². The minimum atomic E-state index is -0.810. The van der Waals surface area contributed by atoms with Crippen LogP contribution in [0.25, 0.3) is 0 Å². The van der Waals surface area contributed by atoms with Gasteiger partial charge in [-0.3, -0.25) is 4.79 Å². The Morgan fingerprint density at radius 1 is 0.788 bits per heavy atom. The number of fused-ring (bicyclic) bond motifs is 7. The average Bonchev–Trinajstić information content (AvgIpc) is 3.05. The SMILES string of the molecule is C=C(C)C1CCC2(C)C1CCC1(C)C2CCC2C3(C)CC(O)CC(C)(C(=O)O)C3CCC21C. The third-order valence-corrected chi connectivity index (χ3v) is 13.5. The molecule has 33 heavy (non-hydrogen) atoms. The van der Waals surface area contributed by atoms with Gasteiger partial charge in [0, 0.05) is 0 Å². The number of carboxylic acid groups (broad SMARTS) is 1. The number of hydrogen-bond donors (Lipinski definition) is 2. The minimum absolute atomic E-state index is 0.0978. The largest absolute Gasteiger partial charge is 0.481 e. The molecule has 0 heterocycles. The predicted octanol–water partition coefficient (Wildman–Crippen LogP) is 7.09. The molecule has 5 aliphatic carbocycles. The molecule has 3 nitrogen and oxygen atoms in total. The smallest absolute Gasteiger partial charge is 0.309 e. The Labute approximate surface area is 201 Å². The second kappa shape index (κ2) is 7.11. The number of aliphatic carboxylic acids is 1. The van der Waals surface area contributed by atoms with Crippen LogP contribution in [0, 0.1) is 56.7 Å². The number of carbonyl (C=O) groups is 1. The Balaban J connectivity index is 1.54. The molecule has 2 N–H and O–H groups in total.